The van der Waals surface area contributed by atoms with E-state index in [-0.39, 0.29) is 17.8 Å². The highest BCUT2D eigenvalue weighted by Crippen LogP contribution is 2.32. The number of hydrogen-bond donors (Lipinski definition) is 1. The normalized spacial score (nSPS) is 11.5. The molecule has 6 heteroatoms. The maximum atomic E-state index is 13.6. The molecule has 0 aliphatic carbocycles. The summed E-state index contributed by atoms with van der Waals surface area (Å²) in [6.45, 7) is 1.64. The minimum atomic E-state index is -4.76. The van der Waals surface area contributed by atoms with Gasteiger partial charge in [-0.1, -0.05) is 18.2 Å². The van der Waals surface area contributed by atoms with Crippen LogP contribution in [0, 0.1) is 18.6 Å². The second kappa shape index (κ2) is 5.71. The van der Waals surface area contributed by atoms with Gasteiger partial charge < -0.3 is 5.32 Å². The standard InChI is InChI=1S/C15H12F5N/c1-9-3-2-4-13(17)14(9)21-8-10-5-6-12(16)11(7-10)15(18,19)20/h2-7,21H,8H2,1H3. The van der Waals surface area contributed by atoms with Crippen molar-refractivity contribution in [3.63, 3.8) is 0 Å². The Labute approximate surface area is 118 Å². The van der Waals surface area contributed by atoms with Gasteiger partial charge in [0.15, 0.2) is 0 Å². The monoisotopic (exact) mass is 301 g/mol. The third-order valence-corrected chi connectivity index (χ3v) is 3.03. The van der Waals surface area contributed by atoms with E-state index in [0.29, 0.717) is 5.56 Å². The van der Waals surface area contributed by atoms with Crippen molar-refractivity contribution in [1.82, 2.24) is 0 Å². The van der Waals surface area contributed by atoms with Gasteiger partial charge in [0.05, 0.1) is 11.3 Å². The predicted octanol–water partition coefficient (Wildman–Crippen LogP) is 4.90. The lowest BCUT2D eigenvalue weighted by molar-refractivity contribution is -0.140. The quantitative estimate of drug-likeness (QED) is 0.795. The van der Waals surface area contributed by atoms with E-state index < -0.39 is 23.4 Å². The van der Waals surface area contributed by atoms with Crippen LogP contribution >= 0.6 is 0 Å². The molecule has 0 unspecified atom stereocenters. The van der Waals surface area contributed by atoms with E-state index in [2.05, 4.69) is 5.32 Å². The van der Waals surface area contributed by atoms with Gasteiger partial charge in [-0.25, -0.2) is 8.78 Å². The zero-order chi connectivity index (χ0) is 15.6. The van der Waals surface area contributed by atoms with Crippen LogP contribution in [0.4, 0.5) is 27.6 Å². The summed E-state index contributed by atoms with van der Waals surface area (Å²) in [5.74, 6) is -1.82. The van der Waals surface area contributed by atoms with E-state index in [1.54, 1.807) is 13.0 Å². The summed E-state index contributed by atoms with van der Waals surface area (Å²) in [6.07, 6.45) is -4.76. The van der Waals surface area contributed by atoms with Gasteiger partial charge in [0.25, 0.3) is 0 Å². The molecule has 0 bridgehead atoms. The molecule has 21 heavy (non-hydrogen) atoms. The van der Waals surface area contributed by atoms with Gasteiger partial charge in [0.2, 0.25) is 0 Å². The van der Waals surface area contributed by atoms with Crippen LogP contribution in [0.1, 0.15) is 16.7 Å². The summed E-state index contributed by atoms with van der Waals surface area (Å²) in [4.78, 5) is 0. The number of anilines is 1. The minimum absolute atomic E-state index is 0.0366. The van der Waals surface area contributed by atoms with Gasteiger partial charge in [-0.3, -0.25) is 0 Å². The Hall–Kier alpha value is -2.11. The molecule has 0 saturated heterocycles. The zero-order valence-corrected chi connectivity index (χ0v) is 11.1. The molecule has 0 atom stereocenters. The first kappa shape index (κ1) is 15.3. The fourth-order valence-corrected chi connectivity index (χ4v) is 1.95. The molecule has 112 valence electrons. The van der Waals surface area contributed by atoms with Crippen molar-refractivity contribution in [2.45, 2.75) is 19.6 Å². The van der Waals surface area contributed by atoms with E-state index in [0.717, 1.165) is 12.1 Å². The molecule has 1 nitrogen and oxygen atoms in total. The number of halogens is 5. The van der Waals surface area contributed by atoms with Gasteiger partial charge in [0.1, 0.15) is 11.6 Å². The van der Waals surface area contributed by atoms with Crippen molar-refractivity contribution in [1.29, 1.82) is 0 Å². The number of hydrogen-bond acceptors (Lipinski definition) is 1. The summed E-state index contributed by atoms with van der Waals surface area (Å²) >= 11 is 0. The Kier molecular flexibility index (Phi) is 4.16. The molecular weight excluding hydrogens is 289 g/mol. The molecule has 0 fully saturated rings. The number of alkyl halides is 3. The lowest BCUT2D eigenvalue weighted by Gasteiger charge is -2.13. The molecule has 0 aliphatic rings. The number of benzene rings is 2. The lowest BCUT2D eigenvalue weighted by Crippen LogP contribution is -2.10. The van der Waals surface area contributed by atoms with Crippen LogP contribution in [-0.4, -0.2) is 0 Å². The van der Waals surface area contributed by atoms with Crippen LogP contribution in [0.3, 0.4) is 0 Å². The summed E-state index contributed by atoms with van der Waals surface area (Å²) < 4.78 is 64.5. The topological polar surface area (TPSA) is 12.0 Å². The number of para-hydroxylation sites is 1. The molecule has 0 aromatic heterocycles. The van der Waals surface area contributed by atoms with Crippen molar-refractivity contribution in [2.24, 2.45) is 0 Å². The predicted molar refractivity (Wildman–Crippen MR) is 69.9 cm³/mol. The molecule has 2 aromatic carbocycles. The highest BCUT2D eigenvalue weighted by Gasteiger charge is 2.34. The lowest BCUT2D eigenvalue weighted by atomic mass is 10.1. The average Bonchev–Trinajstić information content (AvgIpc) is 2.38. The van der Waals surface area contributed by atoms with Crippen molar-refractivity contribution >= 4 is 5.69 Å². The molecule has 0 saturated carbocycles. The molecular formula is C15H12F5N. The van der Waals surface area contributed by atoms with Gasteiger partial charge in [-0.15, -0.1) is 0 Å². The van der Waals surface area contributed by atoms with E-state index in [1.165, 1.54) is 18.2 Å². The van der Waals surface area contributed by atoms with Crippen LogP contribution in [0.2, 0.25) is 0 Å². The molecule has 2 rings (SSSR count). The fraction of sp³-hybridized carbons (Fsp3) is 0.200. The Morgan fingerprint density at radius 2 is 1.71 bits per heavy atom. The van der Waals surface area contributed by atoms with Gasteiger partial charge in [-0.2, -0.15) is 13.2 Å². The summed E-state index contributed by atoms with van der Waals surface area (Å²) in [6, 6.07) is 7.17. The molecule has 2 aromatic rings. The molecule has 0 heterocycles. The maximum absolute atomic E-state index is 13.6. The average molecular weight is 301 g/mol. The molecule has 0 spiro atoms. The van der Waals surface area contributed by atoms with Crippen LogP contribution < -0.4 is 5.32 Å². The molecule has 0 radical (unpaired) electrons. The Morgan fingerprint density at radius 3 is 2.33 bits per heavy atom. The minimum Gasteiger partial charge on any atom is -0.378 e. The highest BCUT2D eigenvalue weighted by atomic mass is 19.4. The van der Waals surface area contributed by atoms with Crippen molar-refractivity contribution in [2.75, 3.05) is 5.32 Å². The first-order valence-electron chi connectivity index (χ1n) is 6.13. The van der Waals surface area contributed by atoms with Crippen molar-refractivity contribution < 1.29 is 22.0 Å². The number of nitrogens with one attached hydrogen (secondary N) is 1. The zero-order valence-electron chi connectivity index (χ0n) is 11.1. The van der Waals surface area contributed by atoms with Crippen LogP contribution in [0.15, 0.2) is 36.4 Å². The van der Waals surface area contributed by atoms with Gasteiger partial charge in [-0.05, 0) is 36.2 Å². The van der Waals surface area contributed by atoms with Crippen LogP contribution in [-0.2, 0) is 12.7 Å². The first-order chi connectivity index (χ1) is 9.79. The van der Waals surface area contributed by atoms with Crippen LogP contribution in [0.5, 0.6) is 0 Å². The highest BCUT2D eigenvalue weighted by molar-refractivity contribution is 5.52. The Bertz CT molecular complexity index is 629. The largest absolute Gasteiger partial charge is 0.419 e. The van der Waals surface area contributed by atoms with E-state index in [1.807, 2.05) is 0 Å². The van der Waals surface area contributed by atoms with Crippen molar-refractivity contribution in [3.05, 3.63) is 64.7 Å². The second-order valence-electron chi connectivity index (χ2n) is 4.60. The van der Waals surface area contributed by atoms with Crippen LogP contribution in [0.25, 0.3) is 0 Å². The van der Waals surface area contributed by atoms with Gasteiger partial charge >= 0.3 is 6.18 Å². The van der Waals surface area contributed by atoms with Gasteiger partial charge in [0, 0.05) is 6.54 Å². The van der Waals surface area contributed by atoms with Crippen molar-refractivity contribution in [3.8, 4) is 0 Å². The third kappa shape index (κ3) is 3.51. The van der Waals surface area contributed by atoms with E-state index in [9.17, 15) is 22.0 Å². The summed E-state index contributed by atoms with van der Waals surface area (Å²) in [5.41, 5.74) is -0.262. The third-order valence-electron chi connectivity index (χ3n) is 3.03. The van der Waals surface area contributed by atoms with E-state index >= 15 is 0 Å². The Morgan fingerprint density at radius 1 is 1.00 bits per heavy atom. The molecule has 0 amide bonds. The second-order valence-corrected chi connectivity index (χ2v) is 4.60. The van der Waals surface area contributed by atoms with E-state index in [4.69, 9.17) is 0 Å². The Balaban J connectivity index is 2.22. The SMILES string of the molecule is Cc1cccc(F)c1NCc1ccc(F)c(C(F)(F)F)c1. The fourth-order valence-electron chi connectivity index (χ4n) is 1.95. The number of aryl methyl sites for hydroxylation is 1. The summed E-state index contributed by atoms with van der Waals surface area (Å²) in [7, 11) is 0. The first-order valence-corrected chi connectivity index (χ1v) is 6.13. The summed E-state index contributed by atoms with van der Waals surface area (Å²) in [5, 5.41) is 2.73. The maximum Gasteiger partial charge on any atom is 0.419 e. The molecule has 0 aliphatic heterocycles. The number of rotatable bonds is 3. The smallest absolute Gasteiger partial charge is 0.378 e. The molecule has 1 N–H and O–H groups in total.